The summed E-state index contributed by atoms with van der Waals surface area (Å²) >= 11 is 0. The lowest BCUT2D eigenvalue weighted by Gasteiger charge is -2.23. The summed E-state index contributed by atoms with van der Waals surface area (Å²) in [5.74, 6) is 1.58. The van der Waals surface area contributed by atoms with E-state index in [-0.39, 0.29) is 0 Å². The highest BCUT2D eigenvalue weighted by Crippen LogP contribution is 2.32. The SMILES string of the molecule is COc1cc(OC)c(C)c(C(C)(C)N)c1. The third kappa shape index (κ3) is 2.42. The molecule has 0 aliphatic heterocycles. The van der Waals surface area contributed by atoms with E-state index in [1.165, 1.54) is 0 Å². The molecule has 3 nitrogen and oxygen atoms in total. The van der Waals surface area contributed by atoms with Gasteiger partial charge in [-0.15, -0.1) is 0 Å². The highest BCUT2D eigenvalue weighted by Gasteiger charge is 2.20. The van der Waals surface area contributed by atoms with Crippen molar-refractivity contribution in [1.82, 2.24) is 0 Å². The predicted molar refractivity (Wildman–Crippen MR) is 61.5 cm³/mol. The second-order valence-electron chi connectivity index (χ2n) is 4.22. The summed E-state index contributed by atoms with van der Waals surface area (Å²) in [6.07, 6.45) is 0. The third-order valence-corrected chi connectivity index (χ3v) is 2.48. The van der Waals surface area contributed by atoms with E-state index in [1.54, 1.807) is 14.2 Å². The summed E-state index contributed by atoms with van der Waals surface area (Å²) in [6, 6.07) is 3.82. The Kier molecular flexibility index (Phi) is 3.25. The van der Waals surface area contributed by atoms with Gasteiger partial charge in [0.2, 0.25) is 0 Å². The van der Waals surface area contributed by atoms with Gasteiger partial charge in [0.05, 0.1) is 14.2 Å². The Hall–Kier alpha value is -1.22. The molecular weight excluding hydrogens is 190 g/mol. The van der Waals surface area contributed by atoms with Crippen LogP contribution in [0.1, 0.15) is 25.0 Å². The number of rotatable bonds is 3. The van der Waals surface area contributed by atoms with Crippen LogP contribution < -0.4 is 15.2 Å². The zero-order valence-corrected chi connectivity index (χ0v) is 10.0. The second-order valence-corrected chi connectivity index (χ2v) is 4.22. The normalized spacial score (nSPS) is 11.3. The van der Waals surface area contributed by atoms with E-state index in [1.807, 2.05) is 32.9 Å². The van der Waals surface area contributed by atoms with Crippen LogP contribution in [0.5, 0.6) is 11.5 Å². The van der Waals surface area contributed by atoms with Crippen molar-refractivity contribution < 1.29 is 9.47 Å². The smallest absolute Gasteiger partial charge is 0.125 e. The first-order valence-corrected chi connectivity index (χ1v) is 4.92. The molecule has 2 N–H and O–H groups in total. The molecule has 1 rings (SSSR count). The zero-order chi connectivity index (χ0) is 11.6. The van der Waals surface area contributed by atoms with Crippen molar-refractivity contribution in [3.05, 3.63) is 23.3 Å². The number of methoxy groups -OCH3 is 2. The number of nitrogens with two attached hydrogens (primary N) is 1. The van der Waals surface area contributed by atoms with Crippen LogP contribution in [0.25, 0.3) is 0 Å². The summed E-state index contributed by atoms with van der Waals surface area (Å²) in [4.78, 5) is 0. The zero-order valence-electron chi connectivity index (χ0n) is 10.0. The van der Waals surface area contributed by atoms with Crippen LogP contribution >= 0.6 is 0 Å². The summed E-state index contributed by atoms with van der Waals surface area (Å²) in [6.45, 7) is 5.94. The topological polar surface area (TPSA) is 44.5 Å². The maximum atomic E-state index is 6.09. The molecule has 0 radical (unpaired) electrons. The molecule has 0 saturated carbocycles. The summed E-state index contributed by atoms with van der Waals surface area (Å²) in [5.41, 5.74) is 7.80. The van der Waals surface area contributed by atoms with E-state index in [9.17, 15) is 0 Å². The Morgan fingerprint density at radius 2 is 1.73 bits per heavy atom. The number of benzene rings is 1. The van der Waals surface area contributed by atoms with Gasteiger partial charge in [-0.05, 0) is 38.0 Å². The number of ether oxygens (including phenoxy) is 2. The lowest BCUT2D eigenvalue weighted by Crippen LogP contribution is -2.29. The monoisotopic (exact) mass is 209 g/mol. The molecule has 0 fully saturated rings. The van der Waals surface area contributed by atoms with Crippen LogP contribution in [0, 0.1) is 6.92 Å². The second kappa shape index (κ2) is 4.11. The van der Waals surface area contributed by atoms with E-state index in [4.69, 9.17) is 15.2 Å². The first kappa shape index (κ1) is 11.9. The molecule has 1 aromatic rings. The van der Waals surface area contributed by atoms with Gasteiger partial charge < -0.3 is 15.2 Å². The molecule has 0 bridgehead atoms. The average Bonchev–Trinajstić information content (AvgIpc) is 2.16. The lowest BCUT2D eigenvalue weighted by molar-refractivity contribution is 0.387. The predicted octanol–water partition coefficient (Wildman–Crippen LogP) is 2.21. The van der Waals surface area contributed by atoms with Crippen LogP contribution in [-0.4, -0.2) is 14.2 Å². The van der Waals surface area contributed by atoms with Gasteiger partial charge in [-0.1, -0.05) is 0 Å². The van der Waals surface area contributed by atoms with Crippen molar-refractivity contribution in [3.63, 3.8) is 0 Å². The number of hydrogen-bond acceptors (Lipinski definition) is 3. The maximum Gasteiger partial charge on any atom is 0.125 e. The minimum atomic E-state index is -0.397. The van der Waals surface area contributed by atoms with Gasteiger partial charge in [-0.3, -0.25) is 0 Å². The minimum Gasteiger partial charge on any atom is -0.497 e. The van der Waals surface area contributed by atoms with Crippen LogP contribution in [0.2, 0.25) is 0 Å². The minimum absolute atomic E-state index is 0.397. The molecule has 3 heteroatoms. The molecule has 0 spiro atoms. The Morgan fingerprint density at radius 3 is 2.13 bits per heavy atom. The van der Waals surface area contributed by atoms with Crippen molar-refractivity contribution in [3.8, 4) is 11.5 Å². The highest BCUT2D eigenvalue weighted by molar-refractivity contribution is 5.48. The van der Waals surface area contributed by atoms with Crippen molar-refractivity contribution in [2.45, 2.75) is 26.3 Å². The van der Waals surface area contributed by atoms with E-state index in [0.29, 0.717) is 0 Å². The molecule has 0 heterocycles. The standard InChI is InChI=1S/C12H19NO2/c1-8-10(12(2,3)13)6-9(14-4)7-11(8)15-5/h6-7H,13H2,1-5H3. The largest absolute Gasteiger partial charge is 0.497 e. The quantitative estimate of drug-likeness (QED) is 0.830. The first-order chi connectivity index (χ1) is 6.90. The highest BCUT2D eigenvalue weighted by atomic mass is 16.5. The molecule has 0 amide bonds. The van der Waals surface area contributed by atoms with Crippen LogP contribution in [0.3, 0.4) is 0 Å². The first-order valence-electron chi connectivity index (χ1n) is 4.92. The summed E-state index contributed by atoms with van der Waals surface area (Å²) < 4.78 is 10.5. The van der Waals surface area contributed by atoms with E-state index in [2.05, 4.69) is 0 Å². The lowest BCUT2D eigenvalue weighted by atomic mass is 9.91. The summed E-state index contributed by atoms with van der Waals surface area (Å²) in [5, 5.41) is 0. The molecule has 0 unspecified atom stereocenters. The van der Waals surface area contributed by atoms with Gasteiger partial charge in [0.25, 0.3) is 0 Å². The van der Waals surface area contributed by atoms with E-state index >= 15 is 0 Å². The fourth-order valence-electron chi connectivity index (χ4n) is 1.66. The van der Waals surface area contributed by atoms with Crippen LogP contribution in [0.15, 0.2) is 12.1 Å². The Bertz CT molecular complexity index is 353. The molecule has 15 heavy (non-hydrogen) atoms. The van der Waals surface area contributed by atoms with Crippen LogP contribution in [0.4, 0.5) is 0 Å². The maximum absolute atomic E-state index is 6.09. The number of hydrogen-bond donors (Lipinski definition) is 1. The molecular formula is C12H19NO2. The van der Waals surface area contributed by atoms with Gasteiger partial charge in [-0.2, -0.15) is 0 Å². The molecule has 0 aliphatic rings. The van der Waals surface area contributed by atoms with Crippen molar-refractivity contribution in [2.24, 2.45) is 5.73 Å². The molecule has 0 aromatic heterocycles. The molecule has 0 saturated heterocycles. The summed E-state index contributed by atoms with van der Waals surface area (Å²) in [7, 11) is 3.28. The molecule has 1 aromatic carbocycles. The fraction of sp³-hybridized carbons (Fsp3) is 0.500. The molecule has 84 valence electrons. The van der Waals surface area contributed by atoms with E-state index in [0.717, 1.165) is 22.6 Å². The molecule has 0 atom stereocenters. The van der Waals surface area contributed by atoms with Gasteiger partial charge >= 0.3 is 0 Å². The fourth-order valence-corrected chi connectivity index (χ4v) is 1.66. The Morgan fingerprint density at radius 1 is 1.13 bits per heavy atom. The van der Waals surface area contributed by atoms with Gasteiger partial charge in [0.1, 0.15) is 11.5 Å². The van der Waals surface area contributed by atoms with Gasteiger partial charge in [0.15, 0.2) is 0 Å². The van der Waals surface area contributed by atoms with Crippen molar-refractivity contribution in [2.75, 3.05) is 14.2 Å². The average molecular weight is 209 g/mol. The molecule has 0 aliphatic carbocycles. The van der Waals surface area contributed by atoms with Crippen LogP contribution in [-0.2, 0) is 5.54 Å². The third-order valence-electron chi connectivity index (χ3n) is 2.48. The van der Waals surface area contributed by atoms with Crippen molar-refractivity contribution in [1.29, 1.82) is 0 Å². The van der Waals surface area contributed by atoms with Crippen molar-refractivity contribution >= 4 is 0 Å². The van der Waals surface area contributed by atoms with E-state index < -0.39 is 5.54 Å². The van der Waals surface area contributed by atoms with Gasteiger partial charge in [0, 0.05) is 11.6 Å². The van der Waals surface area contributed by atoms with Gasteiger partial charge in [-0.25, -0.2) is 0 Å². The Labute approximate surface area is 91.2 Å². The Balaban J connectivity index is 3.37.